The van der Waals surface area contributed by atoms with Crippen LogP contribution in [0, 0.1) is 5.41 Å². The average Bonchev–Trinajstić information content (AvgIpc) is 2.87. The molecule has 4 nitrogen and oxygen atoms in total. The van der Waals surface area contributed by atoms with Crippen molar-refractivity contribution in [2.45, 2.75) is 26.2 Å². The van der Waals surface area contributed by atoms with Crippen molar-refractivity contribution in [3.05, 3.63) is 35.9 Å². The zero-order valence-corrected chi connectivity index (χ0v) is 12.8. The van der Waals surface area contributed by atoms with E-state index in [1.54, 1.807) is 0 Å². The molecule has 1 aromatic carbocycles. The first-order chi connectivity index (χ1) is 10.1. The average molecular weight is 291 g/mol. The number of aliphatic carboxylic acids is 1. The standard InChI is InChI=1S/C17H25NO3/c1-17(16(19)20)9-11-18(14-17)10-5-12-21-13-8-15-6-3-2-4-7-15/h2-4,6-7H,5,8-14H2,1H3,(H,19,20). The van der Waals surface area contributed by atoms with Crippen molar-refractivity contribution in [3.63, 3.8) is 0 Å². The van der Waals surface area contributed by atoms with Crippen LogP contribution >= 0.6 is 0 Å². The molecule has 4 heteroatoms. The molecule has 0 bridgehead atoms. The summed E-state index contributed by atoms with van der Waals surface area (Å²) in [6.45, 7) is 5.79. The maximum absolute atomic E-state index is 11.2. The number of nitrogens with zero attached hydrogens (tertiary/aromatic N) is 1. The zero-order chi connectivity index (χ0) is 15.1. The SMILES string of the molecule is CC1(C(=O)O)CCN(CCCOCCc2ccccc2)C1. The second-order valence-electron chi connectivity index (χ2n) is 6.09. The van der Waals surface area contributed by atoms with Gasteiger partial charge in [-0.2, -0.15) is 0 Å². The molecule has 1 N–H and O–H groups in total. The van der Waals surface area contributed by atoms with E-state index in [0.29, 0.717) is 6.54 Å². The van der Waals surface area contributed by atoms with Gasteiger partial charge in [0.2, 0.25) is 0 Å². The fourth-order valence-electron chi connectivity index (χ4n) is 2.75. The molecule has 0 aromatic heterocycles. The third-order valence-electron chi connectivity index (χ3n) is 4.21. The highest BCUT2D eigenvalue weighted by Gasteiger charge is 2.39. The second kappa shape index (κ2) is 7.57. The fourth-order valence-corrected chi connectivity index (χ4v) is 2.75. The van der Waals surface area contributed by atoms with Crippen molar-refractivity contribution in [1.82, 2.24) is 4.90 Å². The molecule has 1 aliphatic rings. The highest BCUT2D eigenvalue weighted by atomic mass is 16.5. The largest absolute Gasteiger partial charge is 0.481 e. The third kappa shape index (κ3) is 4.83. The minimum atomic E-state index is -0.677. The van der Waals surface area contributed by atoms with Gasteiger partial charge in [-0.05, 0) is 38.3 Å². The van der Waals surface area contributed by atoms with Gasteiger partial charge in [0.1, 0.15) is 0 Å². The van der Waals surface area contributed by atoms with Gasteiger partial charge in [-0.1, -0.05) is 30.3 Å². The van der Waals surface area contributed by atoms with E-state index >= 15 is 0 Å². The maximum atomic E-state index is 11.2. The number of carbonyl (C=O) groups is 1. The normalized spacial score (nSPS) is 22.5. The Morgan fingerprint density at radius 3 is 2.76 bits per heavy atom. The molecule has 0 amide bonds. The van der Waals surface area contributed by atoms with Gasteiger partial charge in [-0.3, -0.25) is 4.79 Å². The molecule has 0 saturated carbocycles. The molecule has 21 heavy (non-hydrogen) atoms. The molecule has 0 spiro atoms. The Labute approximate surface area is 126 Å². The number of hydrogen-bond acceptors (Lipinski definition) is 3. The van der Waals surface area contributed by atoms with Crippen LogP contribution in [0.5, 0.6) is 0 Å². The summed E-state index contributed by atoms with van der Waals surface area (Å²) in [5.74, 6) is -0.677. The Kier molecular flexibility index (Phi) is 5.76. The smallest absolute Gasteiger partial charge is 0.310 e. The van der Waals surface area contributed by atoms with Crippen LogP contribution < -0.4 is 0 Å². The number of carboxylic acid groups (broad SMARTS) is 1. The number of benzene rings is 1. The van der Waals surface area contributed by atoms with Crippen molar-refractivity contribution < 1.29 is 14.6 Å². The van der Waals surface area contributed by atoms with Crippen LogP contribution in [0.15, 0.2) is 30.3 Å². The topological polar surface area (TPSA) is 49.8 Å². The molecule has 1 aliphatic heterocycles. The van der Waals surface area contributed by atoms with E-state index in [0.717, 1.165) is 45.6 Å². The lowest BCUT2D eigenvalue weighted by Crippen LogP contribution is -2.32. The monoisotopic (exact) mass is 291 g/mol. The van der Waals surface area contributed by atoms with Gasteiger partial charge >= 0.3 is 5.97 Å². The van der Waals surface area contributed by atoms with Crippen LogP contribution in [0.4, 0.5) is 0 Å². The number of carboxylic acids is 1. The van der Waals surface area contributed by atoms with Crippen LogP contribution in [0.25, 0.3) is 0 Å². The Hall–Kier alpha value is -1.39. The van der Waals surface area contributed by atoms with Crippen molar-refractivity contribution in [3.8, 4) is 0 Å². The van der Waals surface area contributed by atoms with Crippen molar-refractivity contribution in [1.29, 1.82) is 0 Å². The molecule has 2 rings (SSSR count). The number of ether oxygens (including phenoxy) is 1. The van der Waals surface area contributed by atoms with Crippen molar-refractivity contribution in [2.75, 3.05) is 32.8 Å². The van der Waals surface area contributed by atoms with E-state index < -0.39 is 11.4 Å². The lowest BCUT2D eigenvalue weighted by Gasteiger charge is -2.19. The molecule has 1 aromatic rings. The minimum absolute atomic E-state index is 0.561. The molecule has 116 valence electrons. The lowest BCUT2D eigenvalue weighted by molar-refractivity contribution is -0.147. The Morgan fingerprint density at radius 2 is 2.10 bits per heavy atom. The molecule has 1 heterocycles. The highest BCUT2D eigenvalue weighted by Crippen LogP contribution is 2.29. The summed E-state index contributed by atoms with van der Waals surface area (Å²) in [5.41, 5.74) is 0.739. The summed E-state index contributed by atoms with van der Waals surface area (Å²) in [5, 5.41) is 9.19. The first-order valence-corrected chi connectivity index (χ1v) is 7.68. The number of rotatable bonds is 8. The fraction of sp³-hybridized carbons (Fsp3) is 0.588. The molecule has 1 unspecified atom stereocenters. The van der Waals surface area contributed by atoms with Gasteiger partial charge in [-0.25, -0.2) is 0 Å². The first-order valence-electron chi connectivity index (χ1n) is 7.68. The predicted octanol–water partition coefficient (Wildman–Crippen LogP) is 2.43. The van der Waals surface area contributed by atoms with E-state index in [9.17, 15) is 9.90 Å². The molecule has 0 radical (unpaired) electrons. The van der Waals surface area contributed by atoms with Gasteiger partial charge in [0.25, 0.3) is 0 Å². The molecular weight excluding hydrogens is 266 g/mol. The van der Waals surface area contributed by atoms with Crippen LogP contribution in [0.1, 0.15) is 25.3 Å². The van der Waals surface area contributed by atoms with Gasteiger partial charge in [-0.15, -0.1) is 0 Å². The third-order valence-corrected chi connectivity index (χ3v) is 4.21. The number of hydrogen-bond donors (Lipinski definition) is 1. The van der Waals surface area contributed by atoms with Crippen LogP contribution in [-0.2, 0) is 16.0 Å². The summed E-state index contributed by atoms with van der Waals surface area (Å²) >= 11 is 0. The summed E-state index contributed by atoms with van der Waals surface area (Å²) < 4.78 is 5.65. The Bertz CT molecular complexity index is 449. The van der Waals surface area contributed by atoms with E-state index in [1.807, 2.05) is 25.1 Å². The van der Waals surface area contributed by atoms with Crippen molar-refractivity contribution >= 4 is 5.97 Å². The van der Waals surface area contributed by atoms with E-state index in [4.69, 9.17) is 4.74 Å². The Balaban J connectivity index is 1.54. The predicted molar refractivity (Wildman–Crippen MR) is 82.4 cm³/mol. The molecule has 1 fully saturated rings. The van der Waals surface area contributed by atoms with Gasteiger partial charge in [0.05, 0.1) is 12.0 Å². The van der Waals surface area contributed by atoms with E-state index in [2.05, 4.69) is 17.0 Å². The molecule has 0 aliphatic carbocycles. The molecular formula is C17H25NO3. The number of likely N-dealkylation sites (tertiary alicyclic amines) is 1. The zero-order valence-electron chi connectivity index (χ0n) is 12.8. The van der Waals surface area contributed by atoms with E-state index in [1.165, 1.54) is 5.56 Å². The summed E-state index contributed by atoms with van der Waals surface area (Å²) in [7, 11) is 0. The summed E-state index contributed by atoms with van der Waals surface area (Å²) in [4.78, 5) is 13.4. The summed E-state index contributed by atoms with van der Waals surface area (Å²) in [6, 6.07) is 10.3. The highest BCUT2D eigenvalue weighted by molar-refractivity contribution is 5.74. The maximum Gasteiger partial charge on any atom is 0.310 e. The first kappa shape index (κ1) is 16.0. The van der Waals surface area contributed by atoms with Crippen LogP contribution in [-0.4, -0.2) is 48.8 Å². The van der Waals surface area contributed by atoms with Crippen molar-refractivity contribution in [2.24, 2.45) is 5.41 Å². The Morgan fingerprint density at radius 1 is 1.33 bits per heavy atom. The van der Waals surface area contributed by atoms with Gasteiger partial charge in [0, 0.05) is 19.7 Å². The van der Waals surface area contributed by atoms with Gasteiger partial charge in [0.15, 0.2) is 0 Å². The quantitative estimate of drug-likeness (QED) is 0.747. The van der Waals surface area contributed by atoms with Gasteiger partial charge < -0.3 is 14.7 Å². The molecule has 1 atom stereocenters. The minimum Gasteiger partial charge on any atom is -0.481 e. The van der Waals surface area contributed by atoms with Crippen LogP contribution in [0.2, 0.25) is 0 Å². The van der Waals surface area contributed by atoms with E-state index in [-0.39, 0.29) is 0 Å². The van der Waals surface area contributed by atoms with Crippen LogP contribution in [0.3, 0.4) is 0 Å². The summed E-state index contributed by atoms with van der Waals surface area (Å²) in [6.07, 6.45) is 2.66. The molecule has 1 saturated heterocycles. The lowest BCUT2D eigenvalue weighted by atomic mass is 9.90. The second-order valence-corrected chi connectivity index (χ2v) is 6.09.